The summed E-state index contributed by atoms with van der Waals surface area (Å²) in [5, 5.41) is 1.80. The van der Waals surface area contributed by atoms with Crippen LogP contribution in [0.3, 0.4) is 0 Å². The molecule has 2 atom stereocenters. The molecule has 1 heterocycles. The molecule has 1 aliphatic heterocycles. The van der Waals surface area contributed by atoms with Gasteiger partial charge in [-0.25, -0.2) is 0 Å². The van der Waals surface area contributed by atoms with Gasteiger partial charge in [-0.3, -0.25) is 4.79 Å². The molecule has 3 aromatic carbocycles. The number of fused-ring (bicyclic) bond motifs is 1. The van der Waals surface area contributed by atoms with Crippen LogP contribution in [0.4, 0.5) is 5.69 Å². The van der Waals surface area contributed by atoms with E-state index in [1.165, 1.54) is 0 Å². The molecule has 108 valence electrons. The van der Waals surface area contributed by atoms with Crippen molar-refractivity contribution in [2.45, 2.75) is 11.4 Å². The van der Waals surface area contributed by atoms with E-state index in [4.69, 9.17) is 11.6 Å². The summed E-state index contributed by atoms with van der Waals surface area (Å²) >= 11 is 6.27. The number of hydrogen-bond donors (Lipinski definition) is 0. The van der Waals surface area contributed by atoms with Crippen molar-refractivity contribution in [2.75, 3.05) is 4.90 Å². The maximum absolute atomic E-state index is 12.3. The predicted molar refractivity (Wildman–Crippen MR) is 90.3 cm³/mol. The van der Waals surface area contributed by atoms with Crippen molar-refractivity contribution in [3.63, 3.8) is 0 Å². The van der Waals surface area contributed by atoms with E-state index in [0.717, 1.165) is 22.0 Å². The summed E-state index contributed by atoms with van der Waals surface area (Å²) in [5.74, 6) is -0.0363. The zero-order valence-electron chi connectivity index (χ0n) is 11.8. The van der Waals surface area contributed by atoms with Crippen molar-refractivity contribution in [1.29, 1.82) is 0 Å². The molecule has 1 amide bonds. The van der Waals surface area contributed by atoms with Crippen molar-refractivity contribution in [2.24, 2.45) is 0 Å². The van der Waals surface area contributed by atoms with Crippen LogP contribution in [-0.2, 0) is 4.79 Å². The third kappa shape index (κ3) is 1.99. The Morgan fingerprint density at radius 2 is 1.50 bits per heavy atom. The van der Waals surface area contributed by atoms with Crippen molar-refractivity contribution in [1.82, 2.24) is 0 Å². The second kappa shape index (κ2) is 5.15. The van der Waals surface area contributed by atoms with Crippen LogP contribution in [0.15, 0.2) is 72.8 Å². The molecular formula is C19H14ClNO. The summed E-state index contributed by atoms with van der Waals surface area (Å²) in [6, 6.07) is 24.1. The lowest BCUT2D eigenvalue weighted by Gasteiger charge is -2.44. The van der Waals surface area contributed by atoms with Crippen LogP contribution in [0, 0.1) is 0 Å². The number of halogens is 1. The average molecular weight is 308 g/mol. The van der Waals surface area contributed by atoms with Gasteiger partial charge in [0.15, 0.2) is 0 Å². The molecule has 22 heavy (non-hydrogen) atoms. The molecule has 1 fully saturated rings. The Labute approximate surface area is 133 Å². The van der Waals surface area contributed by atoms with Gasteiger partial charge in [0.05, 0.1) is 6.04 Å². The minimum absolute atomic E-state index is 0.0363. The maximum atomic E-state index is 12.3. The average Bonchev–Trinajstić information content (AvgIpc) is 2.59. The van der Waals surface area contributed by atoms with Crippen LogP contribution in [0.2, 0.25) is 0 Å². The number of carbonyl (C=O) groups is 1. The van der Waals surface area contributed by atoms with E-state index >= 15 is 0 Å². The van der Waals surface area contributed by atoms with Gasteiger partial charge in [0.2, 0.25) is 5.91 Å². The van der Waals surface area contributed by atoms with E-state index in [9.17, 15) is 4.79 Å². The van der Waals surface area contributed by atoms with Crippen LogP contribution in [0.25, 0.3) is 10.8 Å². The number of amides is 1. The van der Waals surface area contributed by atoms with Gasteiger partial charge in [-0.05, 0) is 28.5 Å². The van der Waals surface area contributed by atoms with Crippen LogP contribution < -0.4 is 4.90 Å². The quantitative estimate of drug-likeness (QED) is 0.503. The third-order valence-corrected chi connectivity index (χ3v) is 4.61. The molecule has 0 aromatic heterocycles. The minimum atomic E-state index is -0.492. The third-order valence-electron chi connectivity index (χ3n) is 4.18. The molecule has 3 heteroatoms. The van der Waals surface area contributed by atoms with Gasteiger partial charge in [0.1, 0.15) is 5.38 Å². The number of β-lactam (4-membered cyclic amide) rings is 1. The first-order valence-electron chi connectivity index (χ1n) is 7.26. The number of rotatable bonds is 2. The van der Waals surface area contributed by atoms with Gasteiger partial charge < -0.3 is 4.90 Å². The molecule has 0 aliphatic carbocycles. The van der Waals surface area contributed by atoms with E-state index in [1.807, 2.05) is 60.7 Å². The largest absolute Gasteiger partial charge is 0.302 e. The Morgan fingerprint density at radius 3 is 2.27 bits per heavy atom. The Morgan fingerprint density at radius 1 is 0.818 bits per heavy atom. The zero-order chi connectivity index (χ0) is 15.1. The second-order valence-corrected chi connectivity index (χ2v) is 5.97. The highest BCUT2D eigenvalue weighted by Gasteiger charge is 2.47. The Hall–Kier alpha value is -2.32. The number of anilines is 1. The van der Waals surface area contributed by atoms with Crippen LogP contribution >= 0.6 is 11.6 Å². The molecule has 1 aliphatic rings. The van der Waals surface area contributed by atoms with Crippen molar-refractivity contribution in [3.8, 4) is 0 Å². The van der Waals surface area contributed by atoms with Gasteiger partial charge in [-0.15, -0.1) is 11.6 Å². The number of carbonyl (C=O) groups excluding carboxylic acids is 1. The molecule has 2 unspecified atom stereocenters. The molecular weight excluding hydrogens is 294 g/mol. The summed E-state index contributed by atoms with van der Waals surface area (Å²) in [6.45, 7) is 0. The lowest BCUT2D eigenvalue weighted by molar-refractivity contribution is -0.123. The molecule has 1 saturated heterocycles. The van der Waals surface area contributed by atoms with Crippen molar-refractivity contribution in [3.05, 3.63) is 78.4 Å². The van der Waals surface area contributed by atoms with Gasteiger partial charge in [0, 0.05) is 5.69 Å². The van der Waals surface area contributed by atoms with E-state index in [1.54, 1.807) is 4.90 Å². The SMILES string of the molecule is O=C1C(Cl)C(c2ccccc2)N1c1ccc2ccccc2c1. The smallest absolute Gasteiger partial charge is 0.248 e. The highest BCUT2D eigenvalue weighted by Crippen LogP contribution is 2.42. The lowest BCUT2D eigenvalue weighted by atomic mass is 9.92. The summed E-state index contributed by atoms with van der Waals surface area (Å²) < 4.78 is 0. The normalized spacial score (nSPS) is 21.0. The van der Waals surface area contributed by atoms with Crippen molar-refractivity contribution >= 4 is 34.0 Å². The summed E-state index contributed by atoms with van der Waals surface area (Å²) in [7, 11) is 0. The molecule has 3 aromatic rings. The van der Waals surface area contributed by atoms with Crippen LogP contribution in [-0.4, -0.2) is 11.3 Å². The van der Waals surface area contributed by atoms with Gasteiger partial charge >= 0.3 is 0 Å². The topological polar surface area (TPSA) is 20.3 Å². The fraction of sp³-hybridized carbons (Fsp3) is 0.105. The summed E-state index contributed by atoms with van der Waals surface area (Å²) in [4.78, 5) is 14.1. The standard InChI is InChI=1S/C19H14ClNO/c20-17-18(14-7-2-1-3-8-14)21(19(17)22)16-11-10-13-6-4-5-9-15(13)12-16/h1-12,17-18H. The van der Waals surface area contributed by atoms with E-state index in [-0.39, 0.29) is 11.9 Å². The Kier molecular flexibility index (Phi) is 3.12. The summed E-state index contributed by atoms with van der Waals surface area (Å²) in [5.41, 5.74) is 1.96. The van der Waals surface area contributed by atoms with Gasteiger partial charge in [-0.2, -0.15) is 0 Å². The zero-order valence-corrected chi connectivity index (χ0v) is 12.6. The minimum Gasteiger partial charge on any atom is -0.302 e. The van der Waals surface area contributed by atoms with E-state index in [2.05, 4.69) is 12.1 Å². The fourth-order valence-electron chi connectivity index (χ4n) is 3.04. The molecule has 0 saturated carbocycles. The number of alkyl halides is 1. The van der Waals surface area contributed by atoms with E-state index in [0.29, 0.717) is 0 Å². The molecule has 2 nitrogen and oxygen atoms in total. The number of nitrogens with zero attached hydrogens (tertiary/aromatic N) is 1. The first-order chi connectivity index (χ1) is 10.8. The van der Waals surface area contributed by atoms with Crippen molar-refractivity contribution < 1.29 is 4.79 Å². The van der Waals surface area contributed by atoms with E-state index < -0.39 is 5.38 Å². The maximum Gasteiger partial charge on any atom is 0.248 e. The van der Waals surface area contributed by atoms with Crippen LogP contribution in [0.1, 0.15) is 11.6 Å². The lowest BCUT2D eigenvalue weighted by Crippen LogP contribution is -2.56. The van der Waals surface area contributed by atoms with Crippen LogP contribution in [0.5, 0.6) is 0 Å². The molecule has 0 spiro atoms. The fourth-order valence-corrected chi connectivity index (χ4v) is 3.40. The Bertz CT molecular complexity index is 846. The Balaban J connectivity index is 1.77. The van der Waals surface area contributed by atoms with Gasteiger partial charge in [0.25, 0.3) is 0 Å². The molecule has 0 radical (unpaired) electrons. The monoisotopic (exact) mass is 307 g/mol. The first-order valence-corrected chi connectivity index (χ1v) is 7.70. The predicted octanol–water partition coefficient (Wildman–Crippen LogP) is 4.54. The second-order valence-electron chi connectivity index (χ2n) is 5.50. The highest BCUT2D eigenvalue weighted by atomic mass is 35.5. The molecule has 0 bridgehead atoms. The molecule has 0 N–H and O–H groups in total. The number of benzene rings is 3. The number of hydrogen-bond acceptors (Lipinski definition) is 1. The summed E-state index contributed by atoms with van der Waals surface area (Å²) in [6.07, 6.45) is 0. The highest BCUT2D eigenvalue weighted by molar-refractivity contribution is 6.37. The van der Waals surface area contributed by atoms with Gasteiger partial charge in [-0.1, -0.05) is 60.7 Å². The molecule has 4 rings (SSSR count). The first kappa shape index (κ1) is 13.4.